The molecule has 1 N–H and O–H groups in total. The molecule has 6 rings (SSSR count). The van der Waals surface area contributed by atoms with Gasteiger partial charge in [0.05, 0.1) is 29.7 Å². The first-order valence-corrected chi connectivity index (χ1v) is 11.8. The number of morpholine rings is 1. The van der Waals surface area contributed by atoms with E-state index >= 15 is 0 Å². The summed E-state index contributed by atoms with van der Waals surface area (Å²) in [4.78, 5) is 26.2. The van der Waals surface area contributed by atoms with Crippen molar-refractivity contribution in [1.82, 2.24) is 15.2 Å². The van der Waals surface area contributed by atoms with Crippen LogP contribution in [-0.2, 0) is 16.0 Å². The number of anilines is 1. The zero-order valence-electron chi connectivity index (χ0n) is 19.3. The summed E-state index contributed by atoms with van der Waals surface area (Å²) in [7, 11) is 1.61. The SMILES string of the molecule is CNC(=O)N1CCCc2nc(/C=C3\OC4(CC4)CN4C3=NOCC4c3cc(F)cc(F)c3)ccc21. The van der Waals surface area contributed by atoms with E-state index in [1.54, 1.807) is 11.9 Å². The van der Waals surface area contributed by atoms with Crippen LogP contribution in [0.2, 0.25) is 0 Å². The molecule has 10 heteroatoms. The number of hydrogen-bond acceptors (Lipinski definition) is 6. The van der Waals surface area contributed by atoms with Gasteiger partial charge in [-0.25, -0.2) is 13.6 Å². The lowest BCUT2D eigenvalue weighted by atomic mass is 10.0. The van der Waals surface area contributed by atoms with Crippen molar-refractivity contribution in [3.05, 3.63) is 64.7 Å². The quantitative estimate of drug-likeness (QED) is 0.707. The van der Waals surface area contributed by atoms with Crippen molar-refractivity contribution in [2.24, 2.45) is 5.16 Å². The van der Waals surface area contributed by atoms with Gasteiger partial charge in [-0.3, -0.25) is 9.88 Å². The number of pyridine rings is 1. The highest BCUT2D eigenvalue weighted by Gasteiger charge is 2.54. The van der Waals surface area contributed by atoms with Crippen LogP contribution in [0.15, 0.2) is 41.2 Å². The second kappa shape index (κ2) is 8.21. The van der Waals surface area contributed by atoms with Gasteiger partial charge in [0.1, 0.15) is 23.8 Å². The molecule has 1 atom stereocenters. The van der Waals surface area contributed by atoms with Gasteiger partial charge in [0.2, 0.25) is 5.84 Å². The predicted octanol–water partition coefficient (Wildman–Crippen LogP) is 3.74. The summed E-state index contributed by atoms with van der Waals surface area (Å²) in [6, 6.07) is 6.72. The zero-order valence-corrected chi connectivity index (χ0v) is 19.3. The van der Waals surface area contributed by atoms with Gasteiger partial charge < -0.3 is 19.8 Å². The lowest BCUT2D eigenvalue weighted by molar-refractivity contribution is -0.00404. The van der Waals surface area contributed by atoms with Gasteiger partial charge in [-0.15, -0.1) is 0 Å². The summed E-state index contributed by atoms with van der Waals surface area (Å²) >= 11 is 0. The van der Waals surface area contributed by atoms with Crippen molar-refractivity contribution in [3.8, 4) is 0 Å². The molecule has 1 aliphatic carbocycles. The lowest BCUT2D eigenvalue weighted by Gasteiger charge is -2.43. The summed E-state index contributed by atoms with van der Waals surface area (Å²) in [5.74, 6) is -0.256. The molecular formula is C25H25F2N5O3. The molecule has 1 aromatic carbocycles. The number of oxime groups is 1. The fourth-order valence-corrected chi connectivity index (χ4v) is 5.02. The maximum absolute atomic E-state index is 14.0. The topological polar surface area (TPSA) is 79.3 Å². The largest absolute Gasteiger partial charge is 0.481 e. The number of aryl methyl sites for hydroxylation is 1. The van der Waals surface area contributed by atoms with E-state index in [0.29, 0.717) is 35.9 Å². The molecule has 1 saturated carbocycles. The number of nitrogens with one attached hydrogen (secondary N) is 1. The Kier molecular flexibility index (Phi) is 5.12. The molecule has 1 saturated heterocycles. The highest BCUT2D eigenvalue weighted by Crippen LogP contribution is 2.48. The van der Waals surface area contributed by atoms with E-state index in [4.69, 9.17) is 14.6 Å². The van der Waals surface area contributed by atoms with Gasteiger partial charge in [0.25, 0.3) is 0 Å². The number of hydrogen-bond donors (Lipinski definition) is 1. The van der Waals surface area contributed by atoms with Crippen molar-refractivity contribution in [2.45, 2.75) is 37.3 Å². The van der Waals surface area contributed by atoms with Crippen molar-refractivity contribution in [2.75, 3.05) is 31.6 Å². The van der Waals surface area contributed by atoms with Crippen LogP contribution in [0, 0.1) is 11.6 Å². The fraction of sp³-hybridized carbons (Fsp3) is 0.400. The molecule has 182 valence electrons. The Morgan fingerprint density at radius 2 is 2.03 bits per heavy atom. The molecule has 8 nitrogen and oxygen atoms in total. The van der Waals surface area contributed by atoms with Gasteiger partial charge in [-0.1, -0.05) is 5.16 Å². The van der Waals surface area contributed by atoms with Crippen molar-refractivity contribution in [1.29, 1.82) is 0 Å². The van der Waals surface area contributed by atoms with Crippen molar-refractivity contribution < 1.29 is 23.1 Å². The molecule has 2 fully saturated rings. The molecule has 0 radical (unpaired) electrons. The smallest absolute Gasteiger partial charge is 0.321 e. The average Bonchev–Trinajstić information content (AvgIpc) is 3.60. The highest BCUT2D eigenvalue weighted by atomic mass is 19.1. The second-order valence-electron chi connectivity index (χ2n) is 9.36. The van der Waals surface area contributed by atoms with Crippen LogP contribution in [0.25, 0.3) is 6.08 Å². The number of nitrogens with zero attached hydrogens (tertiary/aromatic N) is 4. The molecule has 2 aromatic rings. The second-order valence-corrected chi connectivity index (χ2v) is 9.36. The Labute approximate surface area is 201 Å². The van der Waals surface area contributed by atoms with Crippen LogP contribution in [0.3, 0.4) is 0 Å². The third kappa shape index (κ3) is 3.96. The van der Waals surface area contributed by atoms with Crippen LogP contribution in [0.1, 0.15) is 42.3 Å². The maximum Gasteiger partial charge on any atom is 0.321 e. The minimum Gasteiger partial charge on any atom is -0.481 e. The van der Waals surface area contributed by atoms with E-state index in [-0.39, 0.29) is 18.2 Å². The van der Waals surface area contributed by atoms with Crippen LogP contribution in [-0.4, -0.2) is 54.1 Å². The standard InChI is InChI=1S/C25H25F2N5O3/c1-28-24(33)31-8-2-3-19-20(31)5-4-18(29-19)12-22-23-30-34-13-21(15-9-16(26)11-17(27)10-15)32(23)14-25(35-22)6-7-25/h4-5,9-12,21H,2-3,6-8,13-14H2,1H3,(H,28,33)/b22-12-. The number of amides is 2. The molecule has 4 heterocycles. The highest BCUT2D eigenvalue weighted by molar-refractivity contribution is 6.01. The lowest BCUT2D eigenvalue weighted by Crippen LogP contribution is -2.51. The minimum atomic E-state index is -0.627. The van der Waals surface area contributed by atoms with Gasteiger partial charge in [0, 0.05) is 25.7 Å². The van der Waals surface area contributed by atoms with Gasteiger partial charge in [-0.2, -0.15) is 0 Å². The van der Waals surface area contributed by atoms with Gasteiger partial charge in [-0.05, 0) is 55.5 Å². The van der Waals surface area contributed by atoms with Crippen molar-refractivity contribution in [3.63, 3.8) is 0 Å². The number of carbonyl (C=O) groups excluding carboxylic acids is 1. The summed E-state index contributed by atoms with van der Waals surface area (Å²) in [5.41, 5.74) is 2.47. The first-order chi connectivity index (χ1) is 16.9. The normalized spacial score (nSPS) is 23.1. The Morgan fingerprint density at radius 1 is 1.23 bits per heavy atom. The summed E-state index contributed by atoms with van der Waals surface area (Å²) < 4.78 is 34.3. The number of aromatic nitrogens is 1. The number of carbonyl (C=O) groups is 1. The average molecular weight is 482 g/mol. The van der Waals surface area contributed by atoms with Crippen LogP contribution in [0.5, 0.6) is 0 Å². The molecular weight excluding hydrogens is 456 g/mol. The fourth-order valence-electron chi connectivity index (χ4n) is 5.02. The number of amidine groups is 1. The maximum atomic E-state index is 14.0. The minimum absolute atomic E-state index is 0.158. The summed E-state index contributed by atoms with van der Waals surface area (Å²) in [5, 5.41) is 6.92. The monoisotopic (exact) mass is 481 g/mol. The molecule has 1 spiro atoms. The first kappa shape index (κ1) is 21.8. The van der Waals surface area contributed by atoms with Crippen LogP contribution >= 0.6 is 0 Å². The van der Waals surface area contributed by atoms with E-state index < -0.39 is 17.7 Å². The molecule has 1 unspecified atom stereocenters. The number of ether oxygens (including phenoxy) is 1. The first-order valence-electron chi connectivity index (χ1n) is 11.8. The van der Waals surface area contributed by atoms with E-state index in [9.17, 15) is 13.6 Å². The Balaban J connectivity index is 1.35. The number of urea groups is 1. The molecule has 2 amide bonds. The van der Waals surface area contributed by atoms with E-state index in [0.717, 1.165) is 43.1 Å². The van der Waals surface area contributed by atoms with Crippen LogP contribution in [0.4, 0.5) is 19.3 Å². The van der Waals surface area contributed by atoms with Crippen molar-refractivity contribution >= 4 is 23.6 Å². The molecule has 1 aromatic heterocycles. The number of rotatable bonds is 2. The van der Waals surface area contributed by atoms with Crippen LogP contribution < -0.4 is 10.2 Å². The number of benzene rings is 1. The van der Waals surface area contributed by atoms with Gasteiger partial charge >= 0.3 is 6.03 Å². The van der Waals surface area contributed by atoms with E-state index in [1.807, 2.05) is 23.1 Å². The zero-order chi connectivity index (χ0) is 24.2. The Hall–Kier alpha value is -3.69. The Morgan fingerprint density at radius 3 is 2.77 bits per heavy atom. The third-order valence-electron chi connectivity index (χ3n) is 6.91. The molecule has 4 aliphatic rings. The molecule has 3 aliphatic heterocycles. The predicted molar refractivity (Wildman–Crippen MR) is 125 cm³/mol. The van der Waals surface area contributed by atoms with Gasteiger partial charge in [0.15, 0.2) is 5.76 Å². The molecule has 0 bridgehead atoms. The number of halogens is 2. The van der Waals surface area contributed by atoms with E-state index in [2.05, 4.69) is 10.5 Å². The summed E-state index contributed by atoms with van der Waals surface area (Å²) in [6.07, 6.45) is 5.19. The summed E-state index contributed by atoms with van der Waals surface area (Å²) in [6.45, 7) is 1.39. The number of fused-ring (bicyclic) bond motifs is 2. The molecule has 35 heavy (non-hydrogen) atoms. The van der Waals surface area contributed by atoms with E-state index in [1.165, 1.54) is 12.1 Å². The third-order valence-corrected chi connectivity index (χ3v) is 6.91. The Bertz CT molecular complexity index is 1240.